The van der Waals surface area contributed by atoms with Gasteiger partial charge in [-0.2, -0.15) is 0 Å². The van der Waals surface area contributed by atoms with Crippen LogP contribution in [0.25, 0.3) is 10.9 Å². The molecule has 1 amide bonds. The first-order valence-electron chi connectivity index (χ1n) is 9.09. The Balaban J connectivity index is 1.39. The zero-order chi connectivity index (χ0) is 18.8. The predicted molar refractivity (Wildman–Crippen MR) is 102 cm³/mol. The van der Waals surface area contributed by atoms with Crippen LogP contribution in [0.5, 0.6) is 0 Å². The Hall–Kier alpha value is -2.86. The summed E-state index contributed by atoms with van der Waals surface area (Å²) in [4.78, 5) is 25.9. The van der Waals surface area contributed by atoms with Gasteiger partial charge in [-0.25, -0.2) is 14.4 Å². The van der Waals surface area contributed by atoms with Crippen LogP contribution in [0.15, 0.2) is 48.5 Å². The number of carbonyl (C=O) groups excluding carboxylic acids is 1. The number of hydrogen-bond acceptors (Lipinski definition) is 4. The summed E-state index contributed by atoms with van der Waals surface area (Å²) in [7, 11) is 0. The highest BCUT2D eigenvalue weighted by atomic mass is 19.1. The second-order valence-electron chi connectivity index (χ2n) is 6.82. The minimum atomic E-state index is -0.331. The van der Waals surface area contributed by atoms with E-state index in [4.69, 9.17) is 0 Å². The van der Waals surface area contributed by atoms with Gasteiger partial charge in [0.05, 0.1) is 12.1 Å². The fraction of sp³-hybridized carbons (Fsp3) is 0.286. The molecule has 2 aromatic carbocycles. The smallest absolute Gasteiger partial charge is 0.253 e. The Labute approximate surface area is 157 Å². The molecule has 1 aliphatic rings. The maximum atomic E-state index is 13.0. The largest absolute Gasteiger partial charge is 0.336 e. The highest BCUT2D eigenvalue weighted by Crippen LogP contribution is 2.16. The van der Waals surface area contributed by atoms with Crippen LogP contribution < -0.4 is 0 Å². The van der Waals surface area contributed by atoms with Crippen molar-refractivity contribution in [3.8, 4) is 0 Å². The lowest BCUT2D eigenvalue weighted by molar-refractivity contribution is 0.0625. The highest BCUT2D eigenvalue weighted by molar-refractivity contribution is 5.94. The maximum Gasteiger partial charge on any atom is 0.253 e. The van der Waals surface area contributed by atoms with Gasteiger partial charge in [0.15, 0.2) is 0 Å². The summed E-state index contributed by atoms with van der Waals surface area (Å²) in [5.41, 5.74) is 2.48. The first-order chi connectivity index (χ1) is 13.1. The Morgan fingerprint density at radius 2 is 1.70 bits per heavy atom. The third-order valence-electron chi connectivity index (χ3n) is 4.96. The number of fused-ring (bicyclic) bond motifs is 1. The van der Waals surface area contributed by atoms with Crippen LogP contribution in [0.4, 0.5) is 4.39 Å². The number of carbonyl (C=O) groups is 1. The predicted octanol–water partition coefficient (Wildman–Crippen LogP) is 3.04. The maximum absolute atomic E-state index is 13.0. The van der Waals surface area contributed by atoms with Crippen LogP contribution in [0, 0.1) is 12.7 Å². The molecule has 27 heavy (non-hydrogen) atoms. The third kappa shape index (κ3) is 3.80. The van der Waals surface area contributed by atoms with Crippen molar-refractivity contribution < 1.29 is 9.18 Å². The van der Waals surface area contributed by atoms with Gasteiger partial charge in [0.2, 0.25) is 0 Å². The number of piperazine rings is 1. The number of benzene rings is 2. The van der Waals surface area contributed by atoms with Gasteiger partial charge in [-0.15, -0.1) is 0 Å². The Morgan fingerprint density at radius 1 is 1.00 bits per heavy atom. The fourth-order valence-electron chi connectivity index (χ4n) is 3.45. The van der Waals surface area contributed by atoms with Gasteiger partial charge in [-0.1, -0.05) is 18.2 Å². The fourth-order valence-corrected chi connectivity index (χ4v) is 3.45. The van der Waals surface area contributed by atoms with Crippen LogP contribution >= 0.6 is 0 Å². The van der Waals surface area contributed by atoms with E-state index in [0.717, 1.165) is 35.5 Å². The number of para-hydroxylation sites is 1. The second kappa shape index (κ2) is 7.40. The molecule has 5 nitrogen and oxygen atoms in total. The summed E-state index contributed by atoms with van der Waals surface area (Å²) in [6.07, 6.45) is 0. The van der Waals surface area contributed by atoms with E-state index in [1.165, 1.54) is 24.3 Å². The molecule has 0 aliphatic carbocycles. The lowest BCUT2D eigenvalue weighted by atomic mass is 10.1. The van der Waals surface area contributed by atoms with E-state index in [2.05, 4.69) is 14.9 Å². The van der Waals surface area contributed by atoms with Crippen molar-refractivity contribution in [1.82, 2.24) is 19.8 Å². The molecule has 1 fully saturated rings. The molecule has 1 saturated heterocycles. The quantitative estimate of drug-likeness (QED) is 0.717. The molecule has 0 saturated carbocycles. The Morgan fingerprint density at radius 3 is 2.44 bits per heavy atom. The molecule has 138 valence electrons. The number of halogens is 1. The van der Waals surface area contributed by atoms with Gasteiger partial charge in [-0.05, 0) is 37.3 Å². The van der Waals surface area contributed by atoms with Gasteiger partial charge in [-0.3, -0.25) is 9.69 Å². The van der Waals surface area contributed by atoms with Crippen molar-refractivity contribution in [2.45, 2.75) is 13.5 Å². The number of aryl methyl sites for hydroxylation is 1. The molecule has 4 rings (SSSR count). The van der Waals surface area contributed by atoms with Crippen molar-refractivity contribution in [1.29, 1.82) is 0 Å². The van der Waals surface area contributed by atoms with Crippen LogP contribution in [-0.2, 0) is 6.54 Å². The molecule has 1 aliphatic heterocycles. The van der Waals surface area contributed by atoms with Gasteiger partial charge < -0.3 is 4.90 Å². The summed E-state index contributed by atoms with van der Waals surface area (Å²) in [6.45, 7) is 5.49. The average molecular weight is 364 g/mol. The standard InChI is InChI=1S/C21H21FN4O/c1-15-18-4-2-3-5-19(18)24-20(23-15)14-25-10-12-26(13-11-25)21(27)16-6-8-17(22)9-7-16/h2-9H,10-14H2,1H3. The first kappa shape index (κ1) is 17.5. The van der Waals surface area contributed by atoms with Gasteiger partial charge in [0, 0.05) is 42.8 Å². The Kier molecular flexibility index (Phi) is 4.81. The molecule has 0 bridgehead atoms. The second-order valence-corrected chi connectivity index (χ2v) is 6.82. The van der Waals surface area contributed by atoms with E-state index in [1.807, 2.05) is 36.1 Å². The number of nitrogens with zero attached hydrogens (tertiary/aromatic N) is 4. The minimum Gasteiger partial charge on any atom is -0.336 e. The molecular formula is C21H21FN4O. The number of amides is 1. The van der Waals surface area contributed by atoms with E-state index < -0.39 is 0 Å². The molecule has 0 unspecified atom stereocenters. The molecular weight excluding hydrogens is 343 g/mol. The highest BCUT2D eigenvalue weighted by Gasteiger charge is 2.22. The first-order valence-corrected chi connectivity index (χ1v) is 9.09. The zero-order valence-corrected chi connectivity index (χ0v) is 15.2. The molecule has 0 atom stereocenters. The van der Waals surface area contributed by atoms with Crippen molar-refractivity contribution in [2.24, 2.45) is 0 Å². The lowest BCUT2D eigenvalue weighted by Gasteiger charge is -2.34. The summed E-state index contributed by atoms with van der Waals surface area (Å²) < 4.78 is 13.0. The van der Waals surface area contributed by atoms with E-state index in [0.29, 0.717) is 25.2 Å². The SMILES string of the molecule is Cc1nc(CN2CCN(C(=O)c3ccc(F)cc3)CC2)nc2ccccc12. The van der Waals surface area contributed by atoms with Crippen LogP contribution in [0.3, 0.4) is 0 Å². The lowest BCUT2D eigenvalue weighted by Crippen LogP contribution is -2.48. The molecule has 0 radical (unpaired) electrons. The molecule has 2 heterocycles. The number of aromatic nitrogens is 2. The van der Waals surface area contributed by atoms with E-state index in [1.54, 1.807) is 0 Å². The molecule has 0 spiro atoms. The van der Waals surface area contributed by atoms with Crippen LogP contribution in [0.1, 0.15) is 21.9 Å². The van der Waals surface area contributed by atoms with Crippen LogP contribution in [-0.4, -0.2) is 51.9 Å². The normalized spacial score (nSPS) is 15.3. The van der Waals surface area contributed by atoms with Crippen molar-refractivity contribution in [3.05, 3.63) is 71.4 Å². The van der Waals surface area contributed by atoms with Gasteiger partial charge >= 0.3 is 0 Å². The summed E-state index contributed by atoms with van der Waals surface area (Å²) >= 11 is 0. The summed E-state index contributed by atoms with van der Waals surface area (Å²) in [5.74, 6) is 0.430. The molecule has 0 N–H and O–H groups in total. The molecule has 1 aromatic heterocycles. The topological polar surface area (TPSA) is 49.3 Å². The van der Waals surface area contributed by atoms with Crippen LogP contribution in [0.2, 0.25) is 0 Å². The Bertz CT molecular complexity index is 966. The van der Waals surface area contributed by atoms with Crippen molar-refractivity contribution >= 4 is 16.8 Å². The molecule has 3 aromatic rings. The third-order valence-corrected chi connectivity index (χ3v) is 4.96. The van der Waals surface area contributed by atoms with Crippen molar-refractivity contribution in [3.63, 3.8) is 0 Å². The molecule has 6 heteroatoms. The number of hydrogen-bond donors (Lipinski definition) is 0. The van der Waals surface area contributed by atoms with Gasteiger partial charge in [0.25, 0.3) is 5.91 Å². The summed E-state index contributed by atoms with van der Waals surface area (Å²) in [6, 6.07) is 13.7. The summed E-state index contributed by atoms with van der Waals surface area (Å²) in [5, 5.41) is 1.08. The van der Waals surface area contributed by atoms with Gasteiger partial charge in [0.1, 0.15) is 11.6 Å². The van der Waals surface area contributed by atoms with Crippen molar-refractivity contribution in [2.75, 3.05) is 26.2 Å². The van der Waals surface area contributed by atoms with E-state index in [-0.39, 0.29) is 11.7 Å². The van der Waals surface area contributed by atoms with E-state index >= 15 is 0 Å². The number of rotatable bonds is 3. The monoisotopic (exact) mass is 364 g/mol. The average Bonchev–Trinajstić information content (AvgIpc) is 2.69. The van der Waals surface area contributed by atoms with E-state index in [9.17, 15) is 9.18 Å². The zero-order valence-electron chi connectivity index (χ0n) is 15.2. The minimum absolute atomic E-state index is 0.0487.